The number of esters is 1. The molecule has 0 unspecified atom stereocenters. The summed E-state index contributed by atoms with van der Waals surface area (Å²) in [5.41, 5.74) is 2.71. The van der Waals surface area contributed by atoms with E-state index in [4.69, 9.17) is 9.47 Å². The molecule has 0 radical (unpaired) electrons. The van der Waals surface area contributed by atoms with Crippen LogP contribution in [-0.4, -0.2) is 77.6 Å². The van der Waals surface area contributed by atoms with Gasteiger partial charge in [-0.1, -0.05) is 146 Å². The van der Waals surface area contributed by atoms with Gasteiger partial charge in [0.15, 0.2) is 0 Å². The monoisotopic (exact) mass is 1020 g/mol. The van der Waals surface area contributed by atoms with E-state index in [1.54, 1.807) is 20.8 Å². The van der Waals surface area contributed by atoms with Crippen molar-refractivity contribution in [2.75, 3.05) is 7.11 Å². The second kappa shape index (κ2) is 19.9. The Balaban J connectivity index is 0.972. The number of benzene rings is 8. The van der Waals surface area contributed by atoms with Crippen LogP contribution in [0.4, 0.5) is 4.79 Å². The third kappa shape index (κ3) is 9.57. The molecule has 3 atom stereocenters. The van der Waals surface area contributed by atoms with Crippen molar-refractivity contribution in [2.45, 2.75) is 102 Å². The fraction of sp³-hybridized carbons (Fsp3) is 0.270. The molecule has 5 amide bonds. The van der Waals surface area contributed by atoms with E-state index in [1.165, 1.54) is 27.9 Å². The van der Waals surface area contributed by atoms with Crippen LogP contribution in [0.2, 0.25) is 0 Å². The summed E-state index contributed by atoms with van der Waals surface area (Å²) in [4.78, 5) is 86.2. The molecule has 0 aliphatic heterocycles. The van der Waals surface area contributed by atoms with E-state index in [1.807, 2.05) is 121 Å². The van der Waals surface area contributed by atoms with E-state index >= 15 is 4.79 Å². The minimum atomic E-state index is -1.69. The molecule has 8 aromatic carbocycles. The molecule has 0 fully saturated rings. The fourth-order valence-electron chi connectivity index (χ4n) is 11.3. The van der Waals surface area contributed by atoms with Crippen molar-refractivity contribution in [1.29, 1.82) is 0 Å². The number of fused-ring (bicyclic) bond motifs is 14. The first kappa shape index (κ1) is 50.9. The van der Waals surface area contributed by atoms with Gasteiger partial charge < -0.3 is 36.1 Å². The number of rotatable bonds is 10. The molecule has 8 aromatic rings. The molecule has 2 aliphatic rings. The molecular weight excluding hydrogens is 955 g/mol. The van der Waals surface area contributed by atoms with E-state index in [0.717, 1.165) is 87.6 Å². The summed E-state index contributed by atoms with van der Waals surface area (Å²) < 4.78 is 10.8. The Bertz CT molecular complexity index is 3520. The minimum absolute atomic E-state index is 0.0271. The van der Waals surface area contributed by atoms with Crippen LogP contribution in [0, 0.1) is 0 Å². The van der Waals surface area contributed by atoms with Crippen molar-refractivity contribution in [3.05, 3.63) is 168 Å². The standard InChI is InChI=1S/C63H61N5O8/c1-36(65-59(73)63(68-60(74)76-61(4,5)6)34-45-30-26-41-18-10-14-22-49(41)53(45)54-46(35-63)31-27-42-19-11-15-23-50(42)54)55(69)64-37(2)56(70)67-62(58(72)66-38(3)57(71)75-7)32-43-28-24-39-16-8-12-20-47(39)51(43)52-44(33-62)29-25-40-17-9-13-21-48(40)52/h8-31,36-38H,32-35H2,1-7H3,(H,64,69)(H,65,73)(H,66,72)(H,67,70)(H,68,74)/t36-,37-,38-/m0/s1. The summed E-state index contributed by atoms with van der Waals surface area (Å²) in [7, 11) is 1.24. The lowest BCUT2D eigenvalue weighted by molar-refractivity contribution is -0.145. The molecule has 0 aromatic heterocycles. The van der Waals surface area contributed by atoms with Gasteiger partial charge in [-0.25, -0.2) is 9.59 Å². The van der Waals surface area contributed by atoms with Crippen LogP contribution in [0.1, 0.15) is 63.8 Å². The van der Waals surface area contributed by atoms with Crippen molar-refractivity contribution in [1.82, 2.24) is 26.6 Å². The molecule has 13 nitrogen and oxygen atoms in total. The largest absolute Gasteiger partial charge is 0.467 e. The zero-order chi connectivity index (χ0) is 53.7. The predicted octanol–water partition coefficient (Wildman–Crippen LogP) is 9.34. The highest BCUT2D eigenvalue weighted by Crippen LogP contribution is 2.46. The van der Waals surface area contributed by atoms with Gasteiger partial charge in [0, 0.05) is 25.7 Å². The number of hydrogen-bond acceptors (Lipinski definition) is 8. The van der Waals surface area contributed by atoms with Crippen LogP contribution in [0.3, 0.4) is 0 Å². The summed E-state index contributed by atoms with van der Waals surface area (Å²) in [6, 6.07) is 44.6. The third-order valence-corrected chi connectivity index (χ3v) is 14.9. The van der Waals surface area contributed by atoms with Crippen LogP contribution < -0.4 is 26.6 Å². The molecule has 0 saturated heterocycles. The lowest BCUT2D eigenvalue weighted by Crippen LogP contribution is -2.66. The SMILES string of the molecule is COC(=O)[C@H](C)NC(=O)C1(NC(=O)[C@H](C)NC(=O)[C@H](C)NC(=O)C2(NC(=O)OC(C)(C)C)Cc3ccc4ccccc4c3-c3c(ccc4ccccc34)C2)Cc2ccc3ccccc3c2-c2c(ccc3ccccc23)C1. The van der Waals surface area contributed by atoms with Crippen molar-refractivity contribution < 1.29 is 38.2 Å². The number of ether oxygens (including phenoxy) is 2. The topological polar surface area (TPSA) is 181 Å². The molecule has 0 bridgehead atoms. The lowest BCUT2D eigenvalue weighted by Gasteiger charge is -2.35. The van der Waals surface area contributed by atoms with Crippen molar-refractivity contribution in [3.63, 3.8) is 0 Å². The number of carbonyl (C=O) groups excluding carboxylic acids is 6. The van der Waals surface area contributed by atoms with Crippen LogP contribution in [-0.2, 0) is 59.1 Å². The molecule has 13 heteroatoms. The van der Waals surface area contributed by atoms with Crippen LogP contribution in [0.25, 0.3) is 65.3 Å². The van der Waals surface area contributed by atoms with Gasteiger partial charge in [0.25, 0.3) is 0 Å². The van der Waals surface area contributed by atoms with Gasteiger partial charge in [-0.05, 0) is 129 Å². The average Bonchev–Trinajstić information content (AvgIpc) is 3.71. The number of alkyl carbamates (subject to hydrolysis) is 1. The van der Waals surface area contributed by atoms with Gasteiger partial charge in [-0.2, -0.15) is 0 Å². The maximum absolute atomic E-state index is 15.3. The van der Waals surface area contributed by atoms with E-state index in [0.29, 0.717) is 0 Å². The van der Waals surface area contributed by atoms with Gasteiger partial charge in [0.1, 0.15) is 34.8 Å². The molecule has 0 saturated carbocycles. The normalized spacial score (nSPS) is 15.5. The number of amides is 5. The summed E-state index contributed by atoms with van der Waals surface area (Å²) in [6.45, 7) is 9.76. The fourth-order valence-corrected chi connectivity index (χ4v) is 11.3. The van der Waals surface area contributed by atoms with Crippen molar-refractivity contribution in [3.8, 4) is 22.3 Å². The maximum atomic E-state index is 15.3. The minimum Gasteiger partial charge on any atom is -0.467 e. The number of carbonyl (C=O) groups is 6. The summed E-state index contributed by atoms with van der Waals surface area (Å²) in [5.74, 6) is -3.29. The van der Waals surface area contributed by atoms with Crippen molar-refractivity contribution in [2.24, 2.45) is 0 Å². The highest BCUT2D eigenvalue weighted by atomic mass is 16.6. The Labute approximate surface area is 441 Å². The Kier molecular flexibility index (Phi) is 13.4. The molecule has 0 spiro atoms. The predicted molar refractivity (Wildman–Crippen MR) is 296 cm³/mol. The van der Waals surface area contributed by atoms with Gasteiger partial charge in [-0.15, -0.1) is 0 Å². The summed E-state index contributed by atoms with van der Waals surface area (Å²) in [6.07, 6.45) is -0.657. The molecule has 2 aliphatic carbocycles. The molecular formula is C63H61N5O8. The van der Waals surface area contributed by atoms with E-state index in [-0.39, 0.29) is 25.7 Å². The van der Waals surface area contributed by atoms with Gasteiger partial charge >= 0.3 is 12.1 Å². The van der Waals surface area contributed by atoms with E-state index in [2.05, 4.69) is 50.8 Å². The van der Waals surface area contributed by atoms with Gasteiger partial charge in [-0.3, -0.25) is 19.2 Å². The molecule has 10 rings (SSSR count). The molecule has 386 valence electrons. The summed E-state index contributed by atoms with van der Waals surface area (Å²) >= 11 is 0. The Hall–Kier alpha value is -8.58. The van der Waals surface area contributed by atoms with Gasteiger partial charge in [0.2, 0.25) is 23.6 Å². The Morgan fingerprint density at radius 2 is 0.763 bits per heavy atom. The zero-order valence-corrected chi connectivity index (χ0v) is 43.7. The Morgan fingerprint density at radius 1 is 0.434 bits per heavy atom. The molecule has 76 heavy (non-hydrogen) atoms. The first-order valence-corrected chi connectivity index (χ1v) is 25.7. The number of hydrogen-bond donors (Lipinski definition) is 5. The van der Waals surface area contributed by atoms with Crippen LogP contribution in [0.15, 0.2) is 146 Å². The third-order valence-electron chi connectivity index (χ3n) is 14.9. The number of nitrogens with one attached hydrogen (secondary N) is 5. The molecule has 5 N–H and O–H groups in total. The average molecular weight is 1020 g/mol. The highest BCUT2D eigenvalue weighted by molar-refractivity contribution is 6.11. The van der Waals surface area contributed by atoms with Crippen LogP contribution in [0.5, 0.6) is 0 Å². The van der Waals surface area contributed by atoms with E-state index in [9.17, 15) is 24.0 Å². The lowest BCUT2D eigenvalue weighted by atomic mass is 9.84. The summed E-state index contributed by atoms with van der Waals surface area (Å²) in [5, 5.41) is 22.5. The second-order valence-electron chi connectivity index (χ2n) is 21.4. The highest BCUT2D eigenvalue weighted by Gasteiger charge is 2.47. The van der Waals surface area contributed by atoms with Crippen molar-refractivity contribution >= 4 is 78.8 Å². The Morgan fingerprint density at radius 3 is 1.12 bits per heavy atom. The maximum Gasteiger partial charge on any atom is 0.408 e. The number of methoxy groups -OCH3 is 1. The smallest absolute Gasteiger partial charge is 0.408 e. The van der Waals surface area contributed by atoms with Crippen LogP contribution >= 0.6 is 0 Å². The first-order chi connectivity index (χ1) is 36.4. The van der Waals surface area contributed by atoms with Gasteiger partial charge in [0.05, 0.1) is 7.11 Å². The molecule has 0 heterocycles. The quantitative estimate of drug-likeness (QED) is 0.0841. The second-order valence-corrected chi connectivity index (χ2v) is 21.4. The first-order valence-electron chi connectivity index (χ1n) is 25.7. The zero-order valence-electron chi connectivity index (χ0n) is 43.7. The van der Waals surface area contributed by atoms with E-state index < -0.39 is 70.5 Å².